The van der Waals surface area contributed by atoms with Gasteiger partial charge in [0.15, 0.2) is 0 Å². The molecule has 2 aliphatic heterocycles. The number of amides is 3. The number of aryl methyl sites for hydroxylation is 2. The van der Waals surface area contributed by atoms with Crippen LogP contribution < -0.4 is 10.6 Å². The molecule has 0 bridgehead atoms. The van der Waals surface area contributed by atoms with Gasteiger partial charge in [-0.1, -0.05) is 42.1 Å². The molecule has 1 saturated heterocycles. The Hall–Kier alpha value is -3.12. The van der Waals surface area contributed by atoms with Crippen LogP contribution in [0.2, 0.25) is 0 Å². The molecule has 0 saturated carbocycles. The fourth-order valence-corrected chi connectivity index (χ4v) is 5.73. The summed E-state index contributed by atoms with van der Waals surface area (Å²) in [4.78, 5) is 42.6. The predicted molar refractivity (Wildman–Crippen MR) is 123 cm³/mol. The van der Waals surface area contributed by atoms with Crippen molar-refractivity contribution in [3.8, 4) is 0 Å². The van der Waals surface area contributed by atoms with Crippen LogP contribution >= 0.6 is 23.5 Å². The minimum atomic E-state index is -1.17. The summed E-state index contributed by atoms with van der Waals surface area (Å²) in [7, 11) is 0. The third-order valence-corrected chi connectivity index (χ3v) is 7.54. The lowest BCUT2D eigenvalue weighted by molar-refractivity contribution is -0.148. The van der Waals surface area contributed by atoms with Crippen LogP contribution in [0, 0.1) is 13.8 Å². The number of hydrogen-bond acceptors (Lipinski definition) is 8. The summed E-state index contributed by atoms with van der Waals surface area (Å²) in [5.74, 6) is -0.864. The van der Waals surface area contributed by atoms with Crippen molar-refractivity contribution in [1.82, 2.24) is 30.7 Å². The Labute approximate surface area is 198 Å². The van der Waals surface area contributed by atoms with Crippen molar-refractivity contribution in [3.63, 3.8) is 0 Å². The molecule has 1 fully saturated rings. The molecule has 1 unspecified atom stereocenters. The number of carboxylic acids is 1. The van der Waals surface area contributed by atoms with Gasteiger partial charge in [0.2, 0.25) is 5.16 Å². The van der Waals surface area contributed by atoms with E-state index >= 15 is 0 Å². The molecule has 1 aromatic heterocycles. The zero-order chi connectivity index (χ0) is 23.5. The van der Waals surface area contributed by atoms with Crippen LogP contribution in [0.25, 0.3) is 0 Å². The first kappa shape index (κ1) is 23.1. The number of fused-ring (bicyclic) bond motifs is 1. The van der Waals surface area contributed by atoms with Gasteiger partial charge in [0.05, 0.1) is 11.4 Å². The minimum absolute atomic E-state index is 0.0317. The first-order valence-corrected chi connectivity index (χ1v) is 12.2. The number of aliphatic carboxylic acids is 1. The van der Waals surface area contributed by atoms with Crippen LogP contribution in [0.4, 0.5) is 4.79 Å². The fourth-order valence-electron chi connectivity index (χ4n) is 3.41. The fraction of sp³-hybridized carbons (Fsp3) is 0.333. The second kappa shape index (κ2) is 9.79. The highest BCUT2D eigenvalue weighted by Crippen LogP contribution is 2.41. The Balaban J connectivity index is 1.39. The molecule has 4 rings (SSSR count). The van der Waals surface area contributed by atoms with E-state index in [0.717, 1.165) is 17.0 Å². The van der Waals surface area contributed by atoms with Crippen molar-refractivity contribution in [2.75, 3.05) is 11.5 Å². The van der Waals surface area contributed by atoms with Gasteiger partial charge in [-0.05, 0) is 25.0 Å². The highest BCUT2D eigenvalue weighted by molar-refractivity contribution is 8.01. The minimum Gasteiger partial charge on any atom is -0.477 e. The van der Waals surface area contributed by atoms with Gasteiger partial charge in [-0.25, -0.2) is 14.6 Å². The number of carbonyl (C=O) groups excluding carboxylic acids is 2. The summed E-state index contributed by atoms with van der Waals surface area (Å²) in [6.07, 6.45) is 0. The highest BCUT2D eigenvalue weighted by Gasteiger charge is 2.54. The maximum atomic E-state index is 12.8. The van der Waals surface area contributed by atoms with Gasteiger partial charge in [0, 0.05) is 18.1 Å². The normalized spacial score (nSPS) is 19.6. The van der Waals surface area contributed by atoms with Crippen LogP contribution in [-0.4, -0.2) is 66.0 Å². The van der Waals surface area contributed by atoms with Gasteiger partial charge in [-0.2, -0.15) is 5.10 Å². The average Bonchev–Trinajstić information content (AvgIpc) is 2.81. The van der Waals surface area contributed by atoms with Crippen molar-refractivity contribution < 1.29 is 19.5 Å². The quantitative estimate of drug-likeness (QED) is 0.394. The Kier molecular flexibility index (Phi) is 6.84. The second-order valence-electron chi connectivity index (χ2n) is 7.51. The van der Waals surface area contributed by atoms with Crippen molar-refractivity contribution >= 4 is 41.4 Å². The summed E-state index contributed by atoms with van der Waals surface area (Å²) < 4.78 is 0. The highest BCUT2D eigenvalue weighted by atomic mass is 32.2. The van der Waals surface area contributed by atoms with Crippen molar-refractivity contribution in [1.29, 1.82) is 0 Å². The van der Waals surface area contributed by atoms with Crippen LogP contribution in [0.5, 0.6) is 0 Å². The summed E-state index contributed by atoms with van der Waals surface area (Å²) in [5.41, 5.74) is 3.00. The van der Waals surface area contributed by atoms with Crippen molar-refractivity contribution in [2.24, 2.45) is 0 Å². The average molecular weight is 487 g/mol. The van der Waals surface area contributed by atoms with E-state index in [1.54, 1.807) is 0 Å². The first-order valence-electron chi connectivity index (χ1n) is 10.1. The van der Waals surface area contributed by atoms with E-state index in [1.165, 1.54) is 28.4 Å². The standard InChI is InChI=1S/C21H22N6O4S2/c1-11-12(2)25-26-21(23-11)33-10-14-9-32-18-15(17(28)27(18)16(14)19(29)30)24-20(31)22-8-13-6-4-3-5-7-13/h3-7,15,18H,8-10H2,1-2H3,(H,29,30)(H2,22,24,31)/t15?,18-/m0/s1. The lowest BCUT2D eigenvalue weighted by Gasteiger charge is -2.49. The van der Waals surface area contributed by atoms with E-state index in [9.17, 15) is 19.5 Å². The van der Waals surface area contributed by atoms with E-state index in [2.05, 4.69) is 25.8 Å². The second-order valence-corrected chi connectivity index (χ2v) is 9.56. The first-order chi connectivity index (χ1) is 15.8. The Morgan fingerprint density at radius 3 is 2.67 bits per heavy atom. The summed E-state index contributed by atoms with van der Waals surface area (Å²) in [5, 5.41) is 23.2. The van der Waals surface area contributed by atoms with E-state index in [0.29, 0.717) is 28.8 Å². The number of rotatable bonds is 7. The largest absolute Gasteiger partial charge is 0.477 e. The number of nitrogens with zero attached hydrogens (tertiary/aromatic N) is 4. The number of carbonyl (C=O) groups is 3. The molecule has 0 spiro atoms. The van der Waals surface area contributed by atoms with Crippen molar-refractivity contribution in [3.05, 3.63) is 58.6 Å². The zero-order valence-electron chi connectivity index (χ0n) is 17.9. The van der Waals surface area contributed by atoms with Gasteiger partial charge in [0.25, 0.3) is 5.91 Å². The van der Waals surface area contributed by atoms with E-state index in [4.69, 9.17) is 0 Å². The molecule has 2 aromatic rings. The third-order valence-electron chi connectivity index (χ3n) is 5.28. The van der Waals surface area contributed by atoms with Gasteiger partial charge >= 0.3 is 12.0 Å². The molecule has 3 amide bonds. The van der Waals surface area contributed by atoms with Crippen LogP contribution in [0.3, 0.4) is 0 Å². The molecule has 33 heavy (non-hydrogen) atoms. The molecule has 0 aliphatic carbocycles. The molecule has 172 valence electrons. The maximum Gasteiger partial charge on any atom is 0.352 e. The Morgan fingerprint density at radius 2 is 1.97 bits per heavy atom. The van der Waals surface area contributed by atoms with Crippen LogP contribution in [0.1, 0.15) is 17.0 Å². The van der Waals surface area contributed by atoms with Gasteiger partial charge in [-0.15, -0.1) is 16.9 Å². The topological polar surface area (TPSA) is 137 Å². The molecule has 12 heteroatoms. The predicted octanol–water partition coefficient (Wildman–Crippen LogP) is 1.70. The number of aromatic nitrogens is 3. The summed E-state index contributed by atoms with van der Waals surface area (Å²) in [6, 6.07) is 8.16. The van der Waals surface area contributed by atoms with E-state index in [1.807, 2.05) is 44.2 Å². The lowest BCUT2D eigenvalue weighted by Crippen LogP contribution is -2.71. The number of hydrogen-bond donors (Lipinski definition) is 3. The molecular weight excluding hydrogens is 464 g/mol. The Bertz CT molecular complexity index is 1130. The van der Waals surface area contributed by atoms with Crippen molar-refractivity contribution in [2.45, 2.75) is 37.0 Å². The summed E-state index contributed by atoms with van der Waals surface area (Å²) >= 11 is 2.70. The molecule has 1 aromatic carbocycles. The van der Waals surface area contributed by atoms with Crippen LogP contribution in [0.15, 0.2) is 46.8 Å². The van der Waals surface area contributed by atoms with Gasteiger partial charge < -0.3 is 15.7 Å². The maximum absolute atomic E-state index is 12.8. The SMILES string of the molecule is Cc1nnc(SCC2=C(C(=O)O)N3C(=O)C(NC(=O)NCc4ccccc4)[C@@H]3SC2)nc1C. The molecule has 3 heterocycles. The number of nitrogens with one attached hydrogen (secondary N) is 2. The Morgan fingerprint density at radius 1 is 1.21 bits per heavy atom. The van der Waals surface area contributed by atoms with Gasteiger partial charge in [-0.3, -0.25) is 9.69 Å². The monoisotopic (exact) mass is 486 g/mol. The van der Waals surface area contributed by atoms with Crippen LogP contribution in [-0.2, 0) is 16.1 Å². The molecular formula is C21H22N6O4S2. The van der Waals surface area contributed by atoms with E-state index in [-0.39, 0.29) is 5.70 Å². The number of β-lactam (4-membered cyclic amide) rings is 1. The molecule has 10 nitrogen and oxygen atoms in total. The number of benzene rings is 1. The molecule has 0 radical (unpaired) electrons. The molecule has 2 aliphatic rings. The summed E-state index contributed by atoms with van der Waals surface area (Å²) in [6.45, 7) is 3.97. The van der Waals surface area contributed by atoms with Gasteiger partial charge in [0.1, 0.15) is 17.1 Å². The van der Waals surface area contributed by atoms with E-state index < -0.39 is 29.3 Å². The zero-order valence-corrected chi connectivity index (χ0v) is 19.6. The molecule has 3 N–H and O–H groups in total. The lowest BCUT2D eigenvalue weighted by atomic mass is 10.0. The smallest absolute Gasteiger partial charge is 0.352 e. The molecule has 2 atom stereocenters. The number of urea groups is 1. The number of carboxylic acid groups (broad SMARTS) is 1. The third kappa shape index (κ3) is 4.96. The number of thioether (sulfide) groups is 2.